The van der Waals surface area contributed by atoms with Gasteiger partial charge in [-0.25, -0.2) is 4.79 Å². The summed E-state index contributed by atoms with van der Waals surface area (Å²) in [5.74, 6) is -0.517. The van der Waals surface area contributed by atoms with Crippen LogP contribution in [0.4, 0.5) is 0 Å². The van der Waals surface area contributed by atoms with E-state index in [1.54, 1.807) is 38.1 Å². The SMILES string of the molecule is CC(C)(CN)OOC(=O)c1ccccc1. The lowest BCUT2D eigenvalue weighted by Crippen LogP contribution is -2.34. The van der Waals surface area contributed by atoms with E-state index in [0.29, 0.717) is 5.56 Å². The van der Waals surface area contributed by atoms with Crippen molar-refractivity contribution in [2.24, 2.45) is 5.73 Å². The van der Waals surface area contributed by atoms with Gasteiger partial charge in [-0.05, 0) is 26.0 Å². The Labute approximate surface area is 88.9 Å². The summed E-state index contributed by atoms with van der Waals surface area (Å²) in [5.41, 5.74) is 5.20. The molecule has 2 N–H and O–H groups in total. The summed E-state index contributed by atoms with van der Waals surface area (Å²) < 4.78 is 0. The van der Waals surface area contributed by atoms with Gasteiger partial charge < -0.3 is 5.73 Å². The number of nitrogens with two attached hydrogens (primary N) is 1. The molecule has 0 aliphatic heterocycles. The second kappa shape index (κ2) is 4.91. The average Bonchev–Trinajstić information content (AvgIpc) is 2.27. The third kappa shape index (κ3) is 3.69. The molecule has 0 atom stereocenters. The first-order chi connectivity index (χ1) is 7.05. The first-order valence-electron chi connectivity index (χ1n) is 4.70. The van der Waals surface area contributed by atoms with Gasteiger partial charge in [-0.15, -0.1) is 0 Å². The fraction of sp³-hybridized carbons (Fsp3) is 0.364. The fourth-order valence-corrected chi connectivity index (χ4v) is 0.807. The summed E-state index contributed by atoms with van der Waals surface area (Å²) in [6.07, 6.45) is 0. The highest BCUT2D eigenvalue weighted by molar-refractivity contribution is 5.88. The van der Waals surface area contributed by atoms with Gasteiger partial charge in [-0.3, -0.25) is 4.89 Å². The highest BCUT2D eigenvalue weighted by Crippen LogP contribution is 2.09. The largest absolute Gasteiger partial charge is 0.373 e. The molecular formula is C11H15NO3. The first kappa shape index (κ1) is 11.7. The van der Waals surface area contributed by atoms with Gasteiger partial charge in [0.1, 0.15) is 5.60 Å². The van der Waals surface area contributed by atoms with Gasteiger partial charge in [0, 0.05) is 6.54 Å². The zero-order chi connectivity index (χ0) is 11.3. The number of rotatable bonds is 4. The Kier molecular flexibility index (Phi) is 3.82. The standard InChI is InChI=1S/C11H15NO3/c1-11(2,8-12)15-14-10(13)9-6-4-3-5-7-9/h3-7H,8,12H2,1-2H3. The maximum absolute atomic E-state index is 11.4. The van der Waals surface area contributed by atoms with E-state index >= 15 is 0 Å². The molecule has 0 radical (unpaired) electrons. The molecule has 0 spiro atoms. The van der Waals surface area contributed by atoms with E-state index in [-0.39, 0.29) is 6.54 Å². The van der Waals surface area contributed by atoms with Crippen molar-refractivity contribution in [2.45, 2.75) is 19.4 Å². The molecule has 1 aromatic carbocycles. The van der Waals surface area contributed by atoms with Crippen LogP contribution >= 0.6 is 0 Å². The lowest BCUT2D eigenvalue weighted by Gasteiger charge is -2.20. The third-order valence-corrected chi connectivity index (χ3v) is 1.84. The lowest BCUT2D eigenvalue weighted by atomic mass is 10.1. The minimum absolute atomic E-state index is 0.273. The summed E-state index contributed by atoms with van der Waals surface area (Å²) in [5, 5.41) is 0. The molecule has 0 aliphatic rings. The van der Waals surface area contributed by atoms with Crippen molar-refractivity contribution in [1.29, 1.82) is 0 Å². The van der Waals surface area contributed by atoms with Crippen molar-refractivity contribution < 1.29 is 14.6 Å². The molecule has 15 heavy (non-hydrogen) atoms. The number of carbonyl (C=O) groups is 1. The highest BCUT2D eigenvalue weighted by atomic mass is 17.2. The molecule has 0 unspecified atom stereocenters. The van der Waals surface area contributed by atoms with Gasteiger partial charge in [0.05, 0.1) is 5.56 Å². The molecule has 0 fully saturated rings. The van der Waals surface area contributed by atoms with E-state index in [1.165, 1.54) is 0 Å². The lowest BCUT2D eigenvalue weighted by molar-refractivity contribution is -0.303. The van der Waals surface area contributed by atoms with Gasteiger partial charge in [-0.1, -0.05) is 18.2 Å². The zero-order valence-corrected chi connectivity index (χ0v) is 8.90. The Balaban J connectivity index is 2.51. The van der Waals surface area contributed by atoms with Gasteiger partial charge in [-0.2, -0.15) is 4.89 Å². The molecule has 0 amide bonds. The molecule has 1 rings (SSSR count). The van der Waals surface area contributed by atoms with E-state index in [0.717, 1.165) is 0 Å². The number of hydrogen-bond donors (Lipinski definition) is 1. The Hall–Kier alpha value is -1.39. The summed E-state index contributed by atoms with van der Waals surface area (Å²) in [7, 11) is 0. The summed E-state index contributed by atoms with van der Waals surface area (Å²) in [6, 6.07) is 8.64. The molecule has 0 aliphatic carbocycles. The van der Waals surface area contributed by atoms with Crippen molar-refractivity contribution >= 4 is 5.97 Å². The predicted octanol–water partition coefficient (Wildman–Crippen LogP) is 1.51. The average molecular weight is 209 g/mol. The predicted molar refractivity (Wildman–Crippen MR) is 56.1 cm³/mol. The quantitative estimate of drug-likeness (QED) is 0.603. The molecule has 0 heterocycles. The fourth-order valence-electron chi connectivity index (χ4n) is 0.807. The van der Waals surface area contributed by atoms with Crippen LogP contribution in [-0.2, 0) is 9.78 Å². The van der Waals surface area contributed by atoms with Crippen LogP contribution in [-0.4, -0.2) is 18.1 Å². The van der Waals surface area contributed by atoms with E-state index in [1.807, 2.05) is 6.07 Å². The molecule has 4 heteroatoms. The van der Waals surface area contributed by atoms with Crippen molar-refractivity contribution in [2.75, 3.05) is 6.54 Å². The third-order valence-electron chi connectivity index (χ3n) is 1.84. The Morgan fingerprint density at radius 3 is 2.47 bits per heavy atom. The van der Waals surface area contributed by atoms with E-state index in [4.69, 9.17) is 10.6 Å². The Morgan fingerprint density at radius 1 is 1.33 bits per heavy atom. The number of benzene rings is 1. The van der Waals surface area contributed by atoms with Crippen LogP contribution in [0.1, 0.15) is 24.2 Å². The Morgan fingerprint density at radius 2 is 1.93 bits per heavy atom. The van der Waals surface area contributed by atoms with E-state index < -0.39 is 11.6 Å². The van der Waals surface area contributed by atoms with Crippen molar-refractivity contribution in [3.05, 3.63) is 35.9 Å². The van der Waals surface area contributed by atoms with Crippen LogP contribution in [0.25, 0.3) is 0 Å². The van der Waals surface area contributed by atoms with Crippen LogP contribution in [0.2, 0.25) is 0 Å². The molecule has 1 aromatic rings. The monoisotopic (exact) mass is 209 g/mol. The minimum atomic E-state index is -0.662. The zero-order valence-electron chi connectivity index (χ0n) is 8.90. The topological polar surface area (TPSA) is 61.6 Å². The molecule has 0 saturated heterocycles. The van der Waals surface area contributed by atoms with Gasteiger partial charge in [0.2, 0.25) is 0 Å². The smallest absolute Gasteiger partial charge is 0.328 e. The molecule has 0 bridgehead atoms. The Bertz CT molecular complexity index is 322. The highest BCUT2D eigenvalue weighted by Gasteiger charge is 2.20. The van der Waals surface area contributed by atoms with Crippen LogP contribution in [0, 0.1) is 0 Å². The molecule has 82 valence electrons. The second-order valence-corrected chi connectivity index (χ2v) is 3.78. The summed E-state index contributed by atoms with van der Waals surface area (Å²) in [6.45, 7) is 3.76. The van der Waals surface area contributed by atoms with Gasteiger partial charge in [0.25, 0.3) is 0 Å². The maximum atomic E-state index is 11.4. The normalized spacial score (nSPS) is 11.1. The minimum Gasteiger partial charge on any atom is -0.328 e. The first-order valence-corrected chi connectivity index (χ1v) is 4.70. The van der Waals surface area contributed by atoms with Crippen molar-refractivity contribution in [3.8, 4) is 0 Å². The maximum Gasteiger partial charge on any atom is 0.373 e. The van der Waals surface area contributed by atoms with Crippen molar-refractivity contribution in [3.63, 3.8) is 0 Å². The molecule has 4 nitrogen and oxygen atoms in total. The van der Waals surface area contributed by atoms with Crippen LogP contribution in [0.15, 0.2) is 30.3 Å². The molecule has 0 saturated carbocycles. The van der Waals surface area contributed by atoms with Gasteiger partial charge >= 0.3 is 5.97 Å². The van der Waals surface area contributed by atoms with Crippen molar-refractivity contribution in [1.82, 2.24) is 0 Å². The summed E-state index contributed by atoms with van der Waals surface area (Å²) >= 11 is 0. The van der Waals surface area contributed by atoms with E-state index in [9.17, 15) is 4.79 Å². The van der Waals surface area contributed by atoms with Crippen LogP contribution in [0.5, 0.6) is 0 Å². The van der Waals surface area contributed by atoms with Gasteiger partial charge in [0.15, 0.2) is 0 Å². The molecule has 0 aromatic heterocycles. The van der Waals surface area contributed by atoms with E-state index in [2.05, 4.69) is 4.89 Å². The number of carbonyl (C=O) groups excluding carboxylic acids is 1. The van der Waals surface area contributed by atoms with Crippen LogP contribution in [0.3, 0.4) is 0 Å². The second-order valence-electron chi connectivity index (χ2n) is 3.78. The van der Waals surface area contributed by atoms with Crippen LogP contribution < -0.4 is 5.73 Å². The number of hydrogen-bond acceptors (Lipinski definition) is 4. The summed E-state index contributed by atoms with van der Waals surface area (Å²) in [4.78, 5) is 21.0. The molecular weight excluding hydrogens is 194 g/mol.